The van der Waals surface area contributed by atoms with E-state index < -0.39 is 4.92 Å². The molecule has 84 valence electrons. The van der Waals surface area contributed by atoms with Gasteiger partial charge in [0.2, 0.25) is 0 Å². The van der Waals surface area contributed by atoms with Crippen LogP contribution in [0.4, 0.5) is 5.69 Å². The molecule has 0 aliphatic heterocycles. The first kappa shape index (κ1) is 11.8. The summed E-state index contributed by atoms with van der Waals surface area (Å²) in [5, 5.41) is 14.0. The molecule has 0 N–H and O–H groups in total. The van der Waals surface area contributed by atoms with E-state index in [1.807, 2.05) is 0 Å². The SMILES string of the molecule is Cc1ccc(OCCN=[N+]=[N-])c([N+](=O)[O-])c1. The Kier molecular flexibility index (Phi) is 4.11. The van der Waals surface area contributed by atoms with Gasteiger partial charge in [-0.2, -0.15) is 0 Å². The molecule has 0 atom stereocenters. The highest BCUT2D eigenvalue weighted by Crippen LogP contribution is 2.27. The summed E-state index contributed by atoms with van der Waals surface area (Å²) in [6, 6.07) is 4.68. The Bertz CT molecular complexity index is 440. The lowest BCUT2D eigenvalue weighted by Gasteiger charge is -2.05. The topological polar surface area (TPSA) is 101 Å². The van der Waals surface area contributed by atoms with Gasteiger partial charge in [-0.1, -0.05) is 11.2 Å². The van der Waals surface area contributed by atoms with Crippen LogP contribution in [0.1, 0.15) is 5.56 Å². The van der Waals surface area contributed by atoms with E-state index in [4.69, 9.17) is 10.3 Å². The van der Waals surface area contributed by atoms with Crippen LogP contribution in [-0.4, -0.2) is 18.1 Å². The molecule has 1 aromatic rings. The zero-order valence-corrected chi connectivity index (χ0v) is 8.66. The molecule has 1 aromatic carbocycles. The monoisotopic (exact) mass is 222 g/mol. The average Bonchev–Trinajstić information content (AvgIpc) is 2.26. The number of aryl methyl sites for hydroxylation is 1. The van der Waals surface area contributed by atoms with Crippen molar-refractivity contribution in [2.24, 2.45) is 5.11 Å². The third-order valence-corrected chi connectivity index (χ3v) is 1.82. The molecule has 0 spiro atoms. The molecular weight excluding hydrogens is 212 g/mol. The molecular formula is C9H10N4O3. The summed E-state index contributed by atoms with van der Waals surface area (Å²) < 4.78 is 5.15. The van der Waals surface area contributed by atoms with Crippen LogP contribution in [0.25, 0.3) is 10.4 Å². The molecule has 7 nitrogen and oxygen atoms in total. The molecule has 0 saturated carbocycles. The predicted molar refractivity (Wildman–Crippen MR) is 57.3 cm³/mol. The Morgan fingerprint density at radius 2 is 2.38 bits per heavy atom. The highest BCUT2D eigenvalue weighted by molar-refractivity contribution is 5.48. The van der Waals surface area contributed by atoms with Crippen molar-refractivity contribution >= 4 is 5.69 Å². The molecule has 0 unspecified atom stereocenters. The minimum Gasteiger partial charge on any atom is -0.487 e. The number of azide groups is 1. The number of rotatable bonds is 5. The fraction of sp³-hybridized carbons (Fsp3) is 0.333. The third-order valence-electron chi connectivity index (χ3n) is 1.82. The molecule has 0 heterocycles. The highest BCUT2D eigenvalue weighted by Gasteiger charge is 2.14. The van der Waals surface area contributed by atoms with Crippen molar-refractivity contribution in [3.05, 3.63) is 44.3 Å². The number of nitro groups is 1. The van der Waals surface area contributed by atoms with E-state index in [1.54, 1.807) is 13.0 Å². The summed E-state index contributed by atoms with van der Waals surface area (Å²) in [6.07, 6.45) is 0. The molecule has 0 radical (unpaired) electrons. The predicted octanol–water partition coefficient (Wildman–Crippen LogP) is 2.59. The molecule has 0 aliphatic rings. The van der Waals surface area contributed by atoms with Gasteiger partial charge in [-0.25, -0.2) is 0 Å². The lowest BCUT2D eigenvalue weighted by molar-refractivity contribution is -0.385. The summed E-state index contributed by atoms with van der Waals surface area (Å²) in [4.78, 5) is 12.8. The van der Waals surface area contributed by atoms with Crippen LogP contribution in [0.5, 0.6) is 5.75 Å². The van der Waals surface area contributed by atoms with Crippen molar-refractivity contribution in [2.45, 2.75) is 6.92 Å². The van der Waals surface area contributed by atoms with E-state index >= 15 is 0 Å². The number of hydrogen-bond donors (Lipinski definition) is 0. The molecule has 7 heteroatoms. The second kappa shape index (κ2) is 5.57. The van der Waals surface area contributed by atoms with Crippen LogP contribution in [0.3, 0.4) is 0 Å². The van der Waals surface area contributed by atoms with Crippen LogP contribution in [-0.2, 0) is 0 Å². The second-order valence-corrected chi connectivity index (χ2v) is 3.03. The van der Waals surface area contributed by atoms with Crippen LogP contribution in [0, 0.1) is 17.0 Å². The van der Waals surface area contributed by atoms with Gasteiger partial charge in [0.1, 0.15) is 0 Å². The van der Waals surface area contributed by atoms with Crippen LogP contribution >= 0.6 is 0 Å². The number of hydrogen-bond acceptors (Lipinski definition) is 4. The van der Waals surface area contributed by atoms with Crippen LogP contribution in [0.15, 0.2) is 23.3 Å². The van der Waals surface area contributed by atoms with E-state index in [9.17, 15) is 10.1 Å². The lowest BCUT2D eigenvalue weighted by atomic mass is 10.2. The summed E-state index contributed by atoms with van der Waals surface area (Å²) in [7, 11) is 0. The van der Waals surface area contributed by atoms with Gasteiger partial charge in [-0.05, 0) is 24.1 Å². The minimum absolute atomic E-state index is 0.0825. The first-order valence-electron chi connectivity index (χ1n) is 4.54. The van der Waals surface area contributed by atoms with Gasteiger partial charge in [0.15, 0.2) is 5.75 Å². The van der Waals surface area contributed by atoms with Gasteiger partial charge in [0.05, 0.1) is 18.1 Å². The van der Waals surface area contributed by atoms with E-state index in [2.05, 4.69) is 10.0 Å². The van der Waals surface area contributed by atoms with Gasteiger partial charge in [-0.15, -0.1) is 0 Å². The third kappa shape index (κ3) is 3.14. The fourth-order valence-electron chi connectivity index (χ4n) is 1.13. The standard InChI is InChI=1S/C9H10N4O3/c1-7-2-3-9(8(6-7)13(14)15)16-5-4-11-12-10/h2-3,6H,4-5H2,1H3. The molecule has 0 aromatic heterocycles. The van der Waals surface area contributed by atoms with Crippen molar-refractivity contribution in [3.8, 4) is 5.75 Å². The Balaban J connectivity index is 2.78. The Morgan fingerprint density at radius 3 is 3.00 bits per heavy atom. The zero-order chi connectivity index (χ0) is 12.0. The molecule has 0 bridgehead atoms. The van der Waals surface area contributed by atoms with E-state index in [0.717, 1.165) is 5.56 Å². The van der Waals surface area contributed by atoms with Gasteiger partial charge in [0.25, 0.3) is 0 Å². The van der Waals surface area contributed by atoms with E-state index in [1.165, 1.54) is 12.1 Å². The zero-order valence-electron chi connectivity index (χ0n) is 8.66. The van der Waals surface area contributed by atoms with Gasteiger partial charge in [-0.3, -0.25) is 10.1 Å². The minimum atomic E-state index is -0.504. The lowest BCUT2D eigenvalue weighted by Crippen LogP contribution is -2.03. The maximum absolute atomic E-state index is 10.7. The molecule has 0 aliphatic carbocycles. The molecule has 1 rings (SSSR count). The second-order valence-electron chi connectivity index (χ2n) is 3.03. The van der Waals surface area contributed by atoms with Crippen molar-refractivity contribution in [1.29, 1.82) is 0 Å². The van der Waals surface area contributed by atoms with E-state index in [0.29, 0.717) is 0 Å². The molecule has 16 heavy (non-hydrogen) atoms. The fourth-order valence-corrected chi connectivity index (χ4v) is 1.13. The van der Waals surface area contributed by atoms with Gasteiger partial charge < -0.3 is 4.74 Å². The van der Waals surface area contributed by atoms with Crippen molar-refractivity contribution in [3.63, 3.8) is 0 Å². The smallest absolute Gasteiger partial charge is 0.311 e. The van der Waals surface area contributed by atoms with Gasteiger partial charge in [0, 0.05) is 11.0 Å². The number of nitrogens with zero attached hydrogens (tertiary/aromatic N) is 4. The largest absolute Gasteiger partial charge is 0.487 e. The van der Waals surface area contributed by atoms with E-state index in [-0.39, 0.29) is 24.6 Å². The Hall–Kier alpha value is -2.27. The van der Waals surface area contributed by atoms with Gasteiger partial charge >= 0.3 is 5.69 Å². The summed E-state index contributed by atoms with van der Waals surface area (Å²) >= 11 is 0. The summed E-state index contributed by atoms with van der Waals surface area (Å²) in [5.41, 5.74) is 8.74. The van der Waals surface area contributed by atoms with Crippen molar-refractivity contribution in [1.82, 2.24) is 0 Å². The molecule has 0 amide bonds. The van der Waals surface area contributed by atoms with Crippen LogP contribution < -0.4 is 4.74 Å². The average molecular weight is 222 g/mol. The normalized spacial score (nSPS) is 9.31. The van der Waals surface area contributed by atoms with Crippen LogP contribution in [0.2, 0.25) is 0 Å². The Morgan fingerprint density at radius 1 is 1.62 bits per heavy atom. The molecule has 0 fully saturated rings. The first-order valence-corrected chi connectivity index (χ1v) is 4.54. The highest BCUT2D eigenvalue weighted by atomic mass is 16.6. The maximum Gasteiger partial charge on any atom is 0.311 e. The number of nitro benzene ring substituents is 1. The quantitative estimate of drug-likeness (QED) is 0.191. The summed E-state index contributed by atoms with van der Waals surface area (Å²) in [5.74, 6) is 0.184. The van der Waals surface area contributed by atoms with Crippen molar-refractivity contribution in [2.75, 3.05) is 13.2 Å². The number of ether oxygens (including phenoxy) is 1. The van der Waals surface area contributed by atoms with Crippen molar-refractivity contribution < 1.29 is 9.66 Å². The Labute approximate surface area is 91.4 Å². The molecule has 0 saturated heterocycles. The summed E-state index contributed by atoms with van der Waals surface area (Å²) in [6.45, 7) is 2.02. The maximum atomic E-state index is 10.7. The number of benzene rings is 1. The first-order chi connectivity index (χ1) is 7.65.